The molecule has 0 aliphatic carbocycles. The zero-order chi connectivity index (χ0) is 18.8. The summed E-state index contributed by atoms with van der Waals surface area (Å²) in [4.78, 5) is 12.1. The Kier molecular flexibility index (Phi) is 8.35. The number of benzene rings is 1. The van der Waals surface area contributed by atoms with E-state index in [0.29, 0.717) is 19.8 Å². The van der Waals surface area contributed by atoms with E-state index in [4.69, 9.17) is 18.9 Å². The molecule has 1 aliphatic rings. The molecule has 26 heavy (non-hydrogen) atoms. The first-order valence-corrected chi connectivity index (χ1v) is 9.27. The molecule has 146 valence electrons. The van der Waals surface area contributed by atoms with Crippen molar-refractivity contribution in [1.82, 2.24) is 5.32 Å². The summed E-state index contributed by atoms with van der Waals surface area (Å²) >= 11 is 0. The van der Waals surface area contributed by atoms with Gasteiger partial charge in [-0.3, -0.25) is 0 Å². The SMILES string of the molecule is CC(C)(C)OC(=O)NC(COCc1ccccc1)COC1CCCCO1. The lowest BCUT2D eigenvalue weighted by Gasteiger charge is -2.27. The van der Waals surface area contributed by atoms with Gasteiger partial charge in [0.2, 0.25) is 0 Å². The van der Waals surface area contributed by atoms with Gasteiger partial charge in [-0.05, 0) is 45.6 Å². The summed E-state index contributed by atoms with van der Waals surface area (Å²) in [6.45, 7) is 7.35. The van der Waals surface area contributed by atoms with Gasteiger partial charge in [-0.15, -0.1) is 0 Å². The highest BCUT2D eigenvalue weighted by molar-refractivity contribution is 5.68. The number of hydrogen-bond donors (Lipinski definition) is 1. The summed E-state index contributed by atoms with van der Waals surface area (Å²) in [5.74, 6) is 0. The van der Waals surface area contributed by atoms with Gasteiger partial charge in [-0.2, -0.15) is 0 Å². The monoisotopic (exact) mass is 365 g/mol. The summed E-state index contributed by atoms with van der Waals surface area (Å²) in [5, 5.41) is 2.83. The maximum absolute atomic E-state index is 12.1. The first-order chi connectivity index (χ1) is 12.4. The number of ether oxygens (including phenoxy) is 4. The first kappa shape index (κ1) is 20.7. The number of alkyl carbamates (subject to hydrolysis) is 1. The molecule has 1 aromatic carbocycles. The van der Waals surface area contributed by atoms with Gasteiger partial charge in [0, 0.05) is 6.61 Å². The number of amides is 1. The average molecular weight is 365 g/mol. The highest BCUT2D eigenvalue weighted by Gasteiger charge is 2.22. The molecule has 0 spiro atoms. The van der Waals surface area contributed by atoms with Gasteiger partial charge < -0.3 is 24.3 Å². The van der Waals surface area contributed by atoms with E-state index in [1.807, 2.05) is 51.1 Å². The zero-order valence-electron chi connectivity index (χ0n) is 16.0. The quantitative estimate of drug-likeness (QED) is 0.762. The largest absolute Gasteiger partial charge is 0.444 e. The van der Waals surface area contributed by atoms with E-state index >= 15 is 0 Å². The molecule has 0 radical (unpaired) electrons. The fraction of sp³-hybridized carbons (Fsp3) is 0.650. The second-order valence-electron chi connectivity index (χ2n) is 7.47. The lowest BCUT2D eigenvalue weighted by Crippen LogP contribution is -2.45. The van der Waals surface area contributed by atoms with E-state index in [9.17, 15) is 4.79 Å². The summed E-state index contributed by atoms with van der Waals surface area (Å²) in [6.07, 6.45) is 2.36. The van der Waals surface area contributed by atoms with Crippen molar-refractivity contribution in [3.8, 4) is 0 Å². The Labute approximate surface area is 156 Å². The van der Waals surface area contributed by atoms with Crippen molar-refractivity contribution >= 4 is 6.09 Å². The molecular formula is C20H31NO5. The molecule has 1 fully saturated rings. The second kappa shape index (κ2) is 10.5. The number of carbonyl (C=O) groups excluding carboxylic acids is 1. The van der Waals surface area contributed by atoms with Crippen LogP contribution >= 0.6 is 0 Å². The standard InChI is InChI=1S/C20H31NO5/c1-20(2,3)26-19(22)21-17(15-25-18-11-7-8-12-24-18)14-23-13-16-9-5-4-6-10-16/h4-6,9-10,17-18H,7-8,11-15H2,1-3H3,(H,21,22). The molecule has 2 unspecified atom stereocenters. The molecule has 0 saturated carbocycles. The van der Waals surface area contributed by atoms with Crippen molar-refractivity contribution in [2.75, 3.05) is 19.8 Å². The predicted octanol–water partition coefficient (Wildman–Crippen LogP) is 3.64. The molecule has 6 heteroatoms. The smallest absolute Gasteiger partial charge is 0.408 e. The molecule has 1 aromatic rings. The third-order valence-corrected chi connectivity index (χ3v) is 3.77. The molecule has 0 bridgehead atoms. The minimum Gasteiger partial charge on any atom is -0.444 e. The molecular weight excluding hydrogens is 334 g/mol. The van der Waals surface area contributed by atoms with E-state index in [0.717, 1.165) is 31.4 Å². The van der Waals surface area contributed by atoms with Crippen LogP contribution in [0.1, 0.15) is 45.6 Å². The van der Waals surface area contributed by atoms with Crippen molar-refractivity contribution in [2.24, 2.45) is 0 Å². The number of rotatable bonds is 8. The van der Waals surface area contributed by atoms with Crippen LogP contribution in [0.5, 0.6) is 0 Å². The summed E-state index contributed by atoms with van der Waals surface area (Å²) in [7, 11) is 0. The Balaban J connectivity index is 1.81. The summed E-state index contributed by atoms with van der Waals surface area (Å²) in [6, 6.07) is 9.61. The van der Waals surface area contributed by atoms with E-state index < -0.39 is 11.7 Å². The number of carbonyl (C=O) groups is 1. The Hall–Kier alpha value is -1.63. The van der Waals surface area contributed by atoms with Crippen LogP contribution in [0.25, 0.3) is 0 Å². The van der Waals surface area contributed by atoms with Crippen molar-refractivity contribution in [3.63, 3.8) is 0 Å². The Morgan fingerprint density at radius 3 is 2.65 bits per heavy atom. The van der Waals surface area contributed by atoms with Crippen LogP contribution in [0.2, 0.25) is 0 Å². The molecule has 2 rings (SSSR count). The normalized spacial score (nSPS) is 19.0. The second-order valence-corrected chi connectivity index (χ2v) is 7.47. The summed E-state index contributed by atoms with van der Waals surface area (Å²) < 4.78 is 22.5. The highest BCUT2D eigenvalue weighted by atomic mass is 16.7. The fourth-order valence-electron chi connectivity index (χ4n) is 2.57. The first-order valence-electron chi connectivity index (χ1n) is 9.27. The van der Waals surface area contributed by atoms with Crippen LogP contribution in [-0.4, -0.2) is 43.8 Å². The van der Waals surface area contributed by atoms with E-state index in [-0.39, 0.29) is 12.3 Å². The minimum atomic E-state index is -0.549. The van der Waals surface area contributed by atoms with Gasteiger partial charge in [0.25, 0.3) is 0 Å². The Morgan fingerprint density at radius 1 is 1.23 bits per heavy atom. The van der Waals surface area contributed by atoms with Gasteiger partial charge in [0.1, 0.15) is 5.60 Å². The van der Waals surface area contributed by atoms with Crippen molar-refractivity contribution in [3.05, 3.63) is 35.9 Å². The summed E-state index contributed by atoms with van der Waals surface area (Å²) in [5.41, 5.74) is 0.535. The molecule has 2 atom stereocenters. The van der Waals surface area contributed by atoms with Crippen LogP contribution in [-0.2, 0) is 25.6 Å². The van der Waals surface area contributed by atoms with E-state index in [2.05, 4.69) is 5.32 Å². The van der Waals surface area contributed by atoms with Crippen molar-refractivity contribution < 1.29 is 23.7 Å². The maximum atomic E-state index is 12.1. The van der Waals surface area contributed by atoms with Gasteiger partial charge in [0.15, 0.2) is 6.29 Å². The third-order valence-electron chi connectivity index (χ3n) is 3.77. The van der Waals surface area contributed by atoms with Gasteiger partial charge in [-0.25, -0.2) is 4.79 Å². The van der Waals surface area contributed by atoms with Gasteiger partial charge in [0.05, 0.1) is 25.9 Å². The molecule has 1 aliphatic heterocycles. The van der Waals surface area contributed by atoms with E-state index in [1.165, 1.54) is 0 Å². The van der Waals surface area contributed by atoms with Crippen LogP contribution in [0.3, 0.4) is 0 Å². The fourth-order valence-corrected chi connectivity index (χ4v) is 2.57. The average Bonchev–Trinajstić information content (AvgIpc) is 2.60. The van der Waals surface area contributed by atoms with E-state index in [1.54, 1.807) is 0 Å². The van der Waals surface area contributed by atoms with Crippen LogP contribution in [0.15, 0.2) is 30.3 Å². The molecule has 1 heterocycles. The Morgan fingerprint density at radius 2 is 2.00 bits per heavy atom. The van der Waals surface area contributed by atoms with Gasteiger partial charge in [-0.1, -0.05) is 30.3 Å². The minimum absolute atomic E-state index is 0.208. The molecule has 6 nitrogen and oxygen atoms in total. The molecule has 1 N–H and O–H groups in total. The number of hydrogen-bond acceptors (Lipinski definition) is 5. The lowest BCUT2D eigenvalue weighted by atomic mass is 10.2. The lowest BCUT2D eigenvalue weighted by molar-refractivity contribution is -0.167. The molecule has 1 saturated heterocycles. The predicted molar refractivity (Wildman–Crippen MR) is 98.8 cm³/mol. The maximum Gasteiger partial charge on any atom is 0.408 e. The zero-order valence-corrected chi connectivity index (χ0v) is 16.0. The topological polar surface area (TPSA) is 66.0 Å². The van der Waals surface area contributed by atoms with Crippen molar-refractivity contribution in [1.29, 1.82) is 0 Å². The Bertz CT molecular complexity index is 523. The van der Waals surface area contributed by atoms with Crippen LogP contribution < -0.4 is 5.32 Å². The highest BCUT2D eigenvalue weighted by Crippen LogP contribution is 2.14. The molecule has 1 amide bonds. The molecule has 0 aromatic heterocycles. The van der Waals surface area contributed by atoms with Gasteiger partial charge >= 0.3 is 6.09 Å². The van der Waals surface area contributed by atoms with Crippen LogP contribution in [0, 0.1) is 0 Å². The van der Waals surface area contributed by atoms with Crippen LogP contribution in [0.4, 0.5) is 4.79 Å². The number of nitrogens with one attached hydrogen (secondary N) is 1. The van der Waals surface area contributed by atoms with Crippen molar-refractivity contribution in [2.45, 2.75) is 64.6 Å². The third kappa shape index (κ3) is 8.65.